The number of halogens is 3. The highest BCUT2D eigenvalue weighted by Crippen LogP contribution is 2.32. The highest BCUT2D eigenvalue weighted by atomic mass is 79.9. The fourth-order valence-electron chi connectivity index (χ4n) is 1.97. The number of rotatable bonds is 1. The molecule has 20 heavy (non-hydrogen) atoms. The third-order valence-electron chi connectivity index (χ3n) is 2.88. The first-order valence-corrected chi connectivity index (χ1v) is 6.28. The van der Waals surface area contributed by atoms with Crippen LogP contribution in [0.3, 0.4) is 0 Å². The number of nitrogens with zero attached hydrogens (tertiary/aromatic N) is 2. The smallest absolute Gasteiger partial charge is 0.267 e. The van der Waals surface area contributed by atoms with Crippen LogP contribution in [0.15, 0.2) is 34.9 Å². The normalized spacial score (nSPS) is 13.8. The summed E-state index contributed by atoms with van der Waals surface area (Å²) in [6, 6.07) is 4.67. The molecule has 0 spiro atoms. The standard InChI is InChI=1S/C13H5BrF2N2O2/c14-8-2-1-3-17-11(8)18-12(19)6-4-9(15)10(16)5-7(6)13(18)20/h1-5H. The fraction of sp³-hybridized carbons (Fsp3) is 0. The molecule has 1 aliphatic heterocycles. The fourth-order valence-corrected chi connectivity index (χ4v) is 2.40. The molecule has 0 N–H and O–H groups in total. The average molecular weight is 339 g/mol. The van der Waals surface area contributed by atoms with E-state index in [-0.39, 0.29) is 16.9 Å². The third kappa shape index (κ3) is 1.74. The average Bonchev–Trinajstić information content (AvgIpc) is 2.64. The number of carbonyl (C=O) groups is 2. The van der Waals surface area contributed by atoms with Gasteiger partial charge in [-0.05, 0) is 40.2 Å². The molecule has 0 radical (unpaired) electrons. The molecule has 1 aromatic carbocycles. The van der Waals surface area contributed by atoms with Gasteiger partial charge in [-0.15, -0.1) is 0 Å². The van der Waals surface area contributed by atoms with E-state index < -0.39 is 23.4 Å². The number of anilines is 1. The van der Waals surface area contributed by atoms with Crippen LogP contribution in [0, 0.1) is 11.6 Å². The molecule has 2 heterocycles. The SMILES string of the molecule is O=C1c2cc(F)c(F)cc2C(=O)N1c1ncccc1Br. The summed E-state index contributed by atoms with van der Waals surface area (Å²) >= 11 is 3.18. The summed E-state index contributed by atoms with van der Waals surface area (Å²) in [5.74, 6) is -3.73. The molecule has 4 nitrogen and oxygen atoms in total. The number of aromatic nitrogens is 1. The summed E-state index contributed by atoms with van der Waals surface area (Å²) in [4.78, 5) is 29.1. The van der Waals surface area contributed by atoms with E-state index in [1.807, 2.05) is 0 Å². The summed E-state index contributed by atoms with van der Waals surface area (Å²) in [5.41, 5.74) is -0.349. The van der Waals surface area contributed by atoms with Gasteiger partial charge >= 0.3 is 0 Å². The maximum atomic E-state index is 13.2. The zero-order chi connectivity index (χ0) is 14.4. The van der Waals surface area contributed by atoms with Crippen LogP contribution in [0.1, 0.15) is 20.7 Å². The number of hydrogen-bond acceptors (Lipinski definition) is 3. The molecule has 0 fully saturated rings. The predicted molar refractivity (Wildman–Crippen MR) is 69.4 cm³/mol. The van der Waals surface area contributed by atoms with Gasteiger partial charge in [-0.1, -0.05) is 0 Å². The zero-order valence-electron chi connectivity index (χ0n) is 9.73. The molecule has 0 unspecified atom stereocenters. The number of imide groups is 1. The van der Waals surface area contributed by atoms with Gasteiger partial charge in [0, 0.05) is 6.20 Å². The molecule has 2 amide bonds. The van der Waals surface area contributed by atoms with Crippen molar-refractivity contribution < 1.29 is 18.4 Å². The van der Waals surface area contributed by atoms with Crippen molar-refractivity contribution in [3.8, 4) is 0 Å². The Morgan fingerprint density at radius 1 is 1.05 bits per heavy atom. The van der Waals surface area contributed by atoms with Gasteiger partial charge in [-0.2, -0.15) is 0 Å². The van der Waals surface area contributed by atoms with Gasteiger partial charge in [0.2, 0.25) is 0 Å². The van der Waals surface area contributed by atoms with Gasteiger partial charge in [-0.25, -0.2) is 18.7 Å². The van der Waals surface area contributed by atoms with Gasteiger partial charge in [-0.3, -0.25) is 9.59 Å². The Hall–Kier alpha value is -2.15. The minimum atomic E-state index is -1.17. The van der Waals surface area contributed by atoms with E-state index in [1.54, 1.807) is 12.1 Å². The Labute approximate surface area is 120 Å². The zero-order valence-corrected chi connectivity index (χ0v) is 11.3. The van der Waals surface area contributed by atoms with Crippen LogP contribution < -0.4 is 4.90 Å². The Morgan fingerprint density at radius 2 is 1.60 bits per heavy atom. The van der Waals surface area contributed by atoms with Crippen molar-refractivity contribution in [3.63, 3.8) is 0 Å². The lowest BCUT2D eigenvalue weighted by molar-refractivity contribution is 0.0924. The summed E-state index contributed by atoms with van der Waals surface area (Å²) in [6.45, 7) is 0. The van der Waals surface area contributed by atoms with E-state index in [1.165, 1.54) is 6.20 Å². The maximum Gasteiger partial charge on any atom is 0.267 e. The molecule has 0 bridgehead atoms. The van der Waals surface area contributed by atoms with Gasteiger partial charge in [0.05, 0.1) is 15.6 Å². The Kier molecular flexibility index (Phi) is 2.86. The Balaban J connectivity index is 2.17. The number of benzene rings is 1. The van der Waals surface area contributed by atoms with Crippen molar-refractivity contribution in [2.45, 2.75) is 0 Å². The molecule has 3 rings (SSSR count). The largest absolute Gasteiger partial charge is 0.268 e. The number of pyridine rings is 1. The maximum absolute atomic E-state index is 13.2. The molecular formula is C13H5BrF2N2O2. The minimum Gasteiger partial charge on any atom is -0.268 e. The lowest BCUT2D eigenvalue weighted by atomic mass is 10.1. The third-order valence-corrected chi connectivity index (χ3v) is 3.50. The molecular weight excluding hydrogens is 334 g/mol. The first-order chi connectivity index (χ1) is 9.50. The summed E-state index contributed by atoms with van der Waals surface area (Å²) in [5, 5.41) is 0. The van der Waals surface area contributed by atoms with E-state index in [2.05, 4.69) is 20.9 Å². The lowest BCUT2D eigenvalue weighted by Gasteiger charge is -2.13. The topological polar surface area (TPSA) is 50.3 Å². The summed E-state index contributed by atoms with van der Waals surface area (Å²) < 4.78 is 26.8. The van der Waals surface area contributed by atoms with Crippen molar-refractivity contribution in [2.24, 2.45) is 0 Å². The van der Waals surface area contributed by atoms with Crippen LogP contribution in [0.4, 0.5) is 14.6 Å². The minimum absolute atomic E-state index is 0.0829. The van der Waals surface area contributed by atoms with E-state index in [0.717, 1.165) is 17.0 Å². The molecule has 0 saturated heterocycles. The van der Waals surface area contributed by atoms with Gasteiger partial charge in [0.25, 0.3) is 11.8 Å². The number of hydrogen-bond donors (Lipinski definition) is 0. The second-order valence-electron chi connectivity index (χ2n) is 4.07. The first kappa shape index (κ1) is 12.9. The Bertz CT molecular complexity index is 723. The highest BCUT2D eigenvalue weighted by molar-refractivity contribution is 9.10. The number of fused-ring (bicyclic) bond motifs is 1. The molecule has 1 aromatic heterocycles. The van der Waals surface area contributed by atoms with Crippen molar-refractivity contribution in [1.82, 2.24) is 4.98 Å². The molecule has 2 aromatic rings. The first-order valence-electron chi connectivity index (χ1n) is 5.49. The highest BCUT2D eigenvalue weighted by Gasteiger charge is 2.39. The number of amides is 2. The van der Waals surface area contributed by atoms with Gasteiger partial charge in [0.1, 0.15) is 0 Å². The Morgan fingerprint density at radius 3 is 2.10 bits per heavy atom. The second-order valence-corrected chi connectivity index (χ2v) is 4.92. The molecule has 7 heteroatoms. The van der Waals surface area contributed by atoms with Gasteiger partial charge < -0.3 is 0 Å². The van der Waals surface area contributed by atoms with Crippen molar-refractivity contribution in [1.29, 1.82) is 0 Å². The van der Waals surface area contributed by atoms with E-state index >= 15 is 0 Å². The van der Waals surface area contributed by atoms with Crippen LogP contribution in [0.25, 0.3) is 0 Å². The van der Waals surface area contributed by atoms with Crippen LogP contribution in [0.2, 0.25) is 0 Å². The van der Waals surface area contributed by atoms with Gasteiger partial charge in [0.15, 0.2) is 17.5 Å². The predicted octanol–water partition coefficient (Wildman–Crippen LogP) is 2.92. The van der Waals surface area contributed by atoms with Crippen molar-refractivity contribution >= 4 is 33.6 Å². The van der Waals surface area contributed by atoms with Crippen LogP contribution in [0.5, 0.6) is 0 Å². The van der Waals surface area contributed by atoms with Crippen LogP contribution in [-0.4, -0.2) is 16.8 Å². The molecule has 0 saturated carbocycles. The number of carbonyl (C=O) groups excluding carboxylic acids is 2. The summed E-state index contributed by atoms with van der Waals surface area (Å²) in [6.07, 6.45) is 1.41. The monoisotopic (exact) mass is 338 g/mol. The van der Waals surface area contributed by atoms with E-state index in [4.69, 9.17) is 0 Å². The van der Waals surface area contributed by atoms with E-state index in [0.29, 0.717) is 4.47 Å². The summed E-state index contributed by atoms with van der Waals surface area (Å²) in [7, 11) is 0. The van der Waals surface area contributed by atoms with Crippen LogP contribution >= 0.6 is 15.9 Å². The quantitative estimate of drug-likeness (QED) is 0.751. The molecule has 0 aliphatic carbocycles. The second kappa shape index (κ2) is 4.45. The molecule has 0 atom stereocenters. The van der Waals surface area contributed by atoms with E-state index in [9.17, 15) is 18.4 Å². The van der Waals surface area contributed by atoms with Crippen molar-refractivity contribution in [2.75, 3.05) is 4.90 Å². The van der Waals surface area contributed by atoms with Crippen LogP contribution in [-0.2, 0) is 0 Å². The molecule has 1 aliphatic rings. The van der Waals surface area contributed by atoms with Crippen molar-refractivity contribution in [3.05, 3.63) is 57.7 Å². The lowest BCUT2D eigenvalue weighted by Crippen LogP contribution is -2.30. The molecule has 100 valence electrons.